The summed E-state index contributed by atoms with van der Waals surface area (Å²) in [6, 6.07) is 18.9. The topological polar surface area (TPSA) is 23.8 Å². The third-order valence-corrected chi connectivity index (χ3v) is 5.51. The Hall–Kier alpha value is -3.87. The second kappa shape index (κ2) is 13.0. The van der Waals surface area contributed by atoms with Crippen molar-refractivity contribution >= 4 is 0 Å². The number of benzene rings is 3. The van der Waals surface area contributed by atoms with Crippen LogP contribution in [0.25, 0.3) is 0 Å². The Balaban J connectivity index is 1.62. The SMILES string of the molecule is CCCCCCCCc1ccc(C#Cc2cc(F)c(C#Cc3ccc(C#N)cc3)c(F)c2)cc1. The van der Waals surface area contributed by atoms with Crippen LogP contribution in [-0.2, 0) is 6.42 Å². The summed E-state index contributed by atoms with van der Waals surface area (Å²) < 4.78 is 28.9. The molecule has 0 saturated heterocycles. The lowest BCUT2D eigenvalue weighted by Crippen LogP contribution is -1.92. The van der Waals surface area contributed by atoms with Crippen LogP contribution >= 0.6 is 0 Å². The molecule has 0 atom stereocenters. The molecule has 0 bridgehead atoms. The molecule has 3 aromatic carbocycles. The van der Waals surface area contributed by atoms with Gasteiger partial charge in [0.25, 0.3) is 0 Å². The van der Waals surface area contributed by atoms with Crippen molar-refractivity contribution in [1.82, 2.24) is 0 Å². The monoisotopic (exact) mass is 451 g/mol. The summed E-state index contributed by atoms with van der Waals surface area (Å²) in [5.41, 5.74) is 3.12. The van der Waals surface area contributed by atoms with E-state index in [1.165, 1.54) is 56.2 Å². The molecule has 3 heteroatoms. The van der Waals surface area contributed by atoms with Crippen molar-refractivity contribution < 1.29 is 8.78 Å². The van der Waals surface area contributed by atoms with E-state index in [0.29, 0.717) is 11.1 Å². The van der Waals surface area contributed by atoms with Crippen molar-refractivity contribution in [3.05, 3.63) is 106 Å². The Morgan fingerprint density at radius 2 is 1.12 bits per heavy atom. The highest BCUT2D eigenvalue weighted by Crippen LogP contribution is 2.15. The number of halogens is 2. The van der Waals surface area contributed by atoms with Crippen molar-refractivity contribution in [2.24, 2.45) is 0 Å². The van der Waals surface area contributed by atoms with Gasteiger partial charge in [0.2, 0.25) is 0 Å². The van der Waals surface area contributed by atoms with E-state index in [2.05, 4.69) is 42.7 Å². The predicted octanol–water partition coefficient (Wildman–Crippen LogP) is 7.54. The molecule has 34 heavy (non-hydrogen) atoms. The average Bonchev–Trinajstić information content (AvgIpc) is 2.85. The summed E-state index contributed by atoms with van der Waals surface area (Å²) in [6.45, 7) is 2.22. The molecule has 0 radical (unpaired) electrons. The van der Waals surface area contributed by atoms with Crippen LogP contribution in [0.3, 0.4) is 0 Å². The van der Waals surface area contributed by atoms with Gasteiger partial charge >= 0.3 is 0 Å². The lowest BCUT2D eigenvalue weighted by molar-refractivity contribution is 0.577. The Morgan fingerprint density at radius 3 is 1.74 bits per heavy atom. The fourth-order valence-electron chi connectivity index (χ4n) is 3.54. The van der Waals surface area contributed by atoms with Crippen molar-refractivity contribution in [2.45, 2.75) is 51.9 Å². The molecule has 1 nitrogen and oxygen atoms in total. The third-order valence-electron chi connectivity index (χ3n) is 5.51. The first kappa shape index (κ1) is 24.8. The normalized spacial score (nSPS) is 9.94. The standard InChI is InChI=1S/C31H27F2N/c1-2-3-4-5-6-7-8-24-9-11-25(12-10-24)15-18-28-21-30(32)29(31(33)22-28)20-19-26-13-16-27(23-34)17-14-26/h9-14,16-17,21-22H,2-8H2,1H3. The number of nitrogens with zero attached hydrogens (tertiary/aromatic N) is 1. The molecular formula is C31H27F2N. The first-order valence-electron chi connectivity index (χ1n) is 11.7. The van der Waals surface area contributed by atoms with Gasteiger partial charge in [-0.25, -0.2) is 8.78 Å². The van der Waals surface area contributed by atoms with E-state index in [4.69, 9.17) is 5.26 Å². The molecule has 3 rings (SSSR count). The molecule has 0 aliphatic rings. The van der Waals surface area contributed by atoms with Crippen molar-refractivity contribution in [3.8, 4) is 29.8 Å². The molecule has 3 aromatic rings. The van der Waals surface area contributed by atoms with Crippen LogP contribution in [0.2, 0.25) is 0 Å². The summed E-state index contributed by atoms with van der Waals surface area (Å²) in [6.07, 6.45) is 8.69. The molecule has 0 spiro atoms. The highest BCUT2D eigenvalue weighted by atomic mass is 19.1. The van der Waals surface area contributed by atoms with Gasteiger partial charge in [-0.05, 0) is 66.9 Å². The number of rotatable bonds is 7. The van der Waals surface area contributed by atoms with Gasteiger partial charge in [0.15, 0.2) is 0 Å². The molecule has 0 fully saturated rings. The van der Waals surface area contributed by atoms with Crippen LogP contribution in [-0.4, -0.2) is 0 Å². The summed E-state index contributed by atoms with van der Waals surface area (Å²) in [5, 5.41) is 8.83. The van der Waals surface area contributed by atoms with Gasteiger partial charge in [0, 0.05) is 16.7 Å². The van der Waals surface area contributed by atoms with E-state index in [1.54, 1.807) is 24.3 Å². The fourth-order valence-corrected chi connectivity index (χ4v) is 3.54. The zero-order chi connectivity index (χ0) is 24.2. The zero-order valence-electron chi connectivity index (χ0n) is 19.4. The minimum absolute atomic E-state index is 0.259. The van der Waals surface area contributed by atoms with Crippen molar-refractivity contribution in [3.63, 3.8) is 0 Å². The summed E-state index contributed by atoms with van der Waals surface area (Å²) in [5.74, 6) is 9.58. The number of hydrogen-bond donors (Lipinski definition) is 0. The fraction of sp³-hybridized carbons (Fsp3) is 0.258. The predicted molar refractivity (Wildman–Crippen MR) is 133 cm³/mol. The molecule has 170 valence electrons. The lowest BCUT2D eigenvalue weighted by Gasteiger charge is -2.02. The molecular weight excluding hydrogens is 424 g/mol. The minimum atomic E-state index is -0.750. The first-order chi connectivity index (χ1) is 16.6. The van der Waals surface area contributed by atoms with Crippen molar-refractivity contribution in [2.75, 3.05) is 0 Å². The maximum absolute atomic E-state index is 14.5. The number of aryl methyl sites for hydroxylation is 1. The second-order valence-corrected chi connectivity index (χ2v) is 8.22. The van der Waals surface area contributed by atoms with Crippen LogP contribution in [0, 0.1) is 46.6 Å². The van der Waals surface area contributed by atoms with E-state index in [-0.39, 0.29) is 11.1 Å². The number of hydrogen-bond acceptors (Lipinski definition) is 1. The molecule has 0 aromatic heterocycles. The maximum atomic E-state index is 14.5. The molecule has 0 amide bonds. The quantitative estimate of drug-likeness (QED) is 0.269. The van der Waals surface area contributed by atoms with E-state index in [9.17, 15) is 8.78 Å². The van der Waals surface area contributed by atoms with Gasteiger partial charge in [0.1, 0.15) is 11.6 Å². The van der Waals surface area contributed by atoms with Gasteiger partial charge in [0.05, 0.1) is 17.2 Å². The Bertz CT molecular complexity index is 1230. The minimum Gasteiger partial charge on any atom is -0.205 e. The third kappa shape index (κ3) is 7.62. The Kier molecular flexibility index (Phi) is 9.46. The summed E-state index contributed by atoms with van der Waals surface area (Å²) in [4.78, 5) is 0. The van der Waals surface area contributed by atoms with Crippen LogP contribution in [0.15, 0.2) is 60.7 Å². The number of unbranched alkanes of at least 4 members (excludes halogenated alkanes) is 5. The van der Waals surface area contributed by atoms with Crippen LogP contribution < -0.4 is 0 Å². The van der Waals surface area contributed by atoms with Crippen LogP contribution in [0.5, 0.6) is 0 Å². The molecule has 0 saturated carbocycles. The highest BCUT2D eigenvalue weighted by molar-refractivity contribution is 5.50. The summed E-state index contributed by atoms with van der Waals surface area (Å²) in [7, 11) is 0. The van der Waals surface area contributed by atoms with Gasteiger partial charge < -0.3 is 0 Å². The Labute approximate surface area is 201 Å². The maximum Gasteiger partial charge on any atom is 0.143 e. The van der Waals surface area contributed by atoms with Gasteiger partial charge in [-0.1, -0.05) is 74.8 Å². The first-order valence-corrected chi connectivity index (χ1v) is 11.7. The molecule has 0 aliphatic heterocycles. The van der Waals surface area contributed by atoms with Gasteiger partial charge in [-0.15, -0.1) is 0 Å². The smallest absolute Gasteiger partial charge is 0.143 e. The molecule has 0 heterocycles. The van der Waals surface area contributed by atoms with Gasteiger partial charge in [-0.2, -0.15) is 5.26 Å². The van der Waals surface area contributed by atoms with E-state index in [0.717, 1.165) is 12.0 Å². The summed E-state index contributed by atoms with van der Waals surface area (Å²) >= 11 is 0. The van der Waals surface area contributed by atoms with E-state index >= 15 is 0 Å². The lowest BCUT2D eigenvalue weighted by atomic mass is 10.0. The van der Waals surface area contributed by atoms with Crippen molar-refractivity contribution in [1.29, 1.82) is 5.26 Å². The molecule has 0 aliphatic carbocycles. The van der Waals surface area contributed by atoms with E-state index in [1.807, 2.05) is 18.2 Å². The van der Waals surface area contributed by atoms with Crippen LogP contribution in [0.4, 0.5) is 8.78 Å². The largest absolute Gasteiger partial charge is 0.205 e. The molecule has 0 unspecified atom stereocenters. The Morgan fingerprint density at radius 1 is 0.618 bits per heavy atom. The van der Waals surface area contributed by atoms with E-state index < -0.39 is 11.6 Å². The number of nitriles is 1. The second-order valence-electron chi connectivity index (χ2n) is 8.22. The zero-order valence-corrected chi connectivity index (χ0v) is 19.4. The molecule has 0 N–H and O–H groups in total. The average molecular weight is 452 g/mol. The highest BCUT2D eigenvalue weighted by Gasteiger charge is 2.08. The van der Waals surface area contributed by atoms with Gasteiger partial charge in [-0.3, -0.25) is 0 Å². The van der Waals surface area contributed by atoms with Crippen LogP contribution in [0.1, 0.15) is 78.8 Å².